The number of para-hydroxylation sites is 1. The van der Waals surface area contributed by atoms with Crippen LogP contribution in [0.15, 0.2) is 77.9 Å². The van der Waals surface area contributed by atoms with Crippen LogP contribution in [0.25, 0.3) is 0 Å². The largest absolute Gasteiger partial charge is 0.489 e. The maximum Gasteiger partial charge on any atom is 0.273 e. The highest BCUT2D eigenvalue weighted by molar-refractivity contribution is 6.30. The van der Waals surface area contributed by atoms with E-state index in [4.69, 9.17) is 22.1 Å². The van der Waals surface area contributed by atoms with E-state index in [9.17, 15) is 4.79 Å². The number of halogens is 1. The van der Waals surface area contributed by atoms with Gasteiger partial charge in [0, 0.05) is 10.7 Å². The molecule has 0 aliphatic rings. The number of nitrogens with one attached hydrogen (secondary N) is 1. The lowest BCUT2D eigenvalue weighted by Crippen LogP contribution is -2.18. The van der Waals surface area contributed by atoms with Crippen molar-refractivity contribution in [2.24, 2.45) is 5.10 Å². The summed E-state index contributed by atoms with van der Waals surface area (Å²) in [6.07, 6.45) is 1.56. The van der Waals surface area contributed by atoms with Crippen LogP contribution in [0.4, 0.5) is 5.69 Å². The highest BCUT2D eigenvalue weighted by atomic mass is 35.5. The third-order valence-electron chi connectivity index (χ3n) is 3.78. The molecule has 6 heteroatoms. The van der Waals surface area contributed by atoms with Crippen LogP contribution in [0.1, 0.15) is 21.5 Å². The highest BCUT2D eigenvalue weighted by Crippen LogP contribution is 2.15. The van der Waals surface area contributed by atoms with Crippen molar-refractivity contribution < 1.29 is 9.53 Å². The van der Waals surface area contributed by atoms with Crippen molar-refractivity contribution in [2.75, 3.05) is 5.73 Å². The van der Waals surface area contributed by atoms with Crippen LogP contribution in [0.5, 0.6) is 5.75 Å². The fraction of sp³-hybridized carbons (Fsp3) is 0.0476. The summed E-state index contributed by atoms with van der Waals surface area (Å²) in [7, 11) is 0. The number of nitrogens with zero attached hydrogens (tertiary/aromatic N) is 1. The number of hydrogen-bond donors (Lipinski definition) is 2. The second-order valence-corrected chi connectivity index (χ2v) is 6.21. The Hall–Kier alpha value is -3.31. The summed E-state index contributed by atoms with van der Waals surface area (Å²) in [5.74, 6) is 0.385. The number of nitrogens with two attached hydrogens (primary N) is 1. The molecule has 0 spiro atoms. The van der Waals surface area contributed by atoms with Crippen molar-refractivity contribution in [3.8, 4) is 5.75 Å². The quantitative estimate of drug-likeness (QED) is 0.381. The molecule has 0 radical (unpaired) electrons. The number of anilines is 1. The van der Waals surface area contributed by atoms with Gasteiger partial charge in [-0.05, 0) is 59.7 Å². The maximum absolute atomic E-state index is 12.0. The van der Waals surface area contributed by atoms with Crippen LogP contribution in [0.3, 0.4) is 0 Å². The van der Waals surface area contributed by atoms with E-state index in [-0.39, 0.29) is 5.91 Å². The molecule has 0 unspecified atom stereocenters. The second-order valence-electron chi connectivity index (χ2n) is 5.77. The third kappa shape index (κ3) is 5.33. The molecule has 3 N–H and O–H groups in total. The number of hydrazone groups is 1. The van der Waals surface area contributed by atoms with Crippen molar-refractivity contribution in [1.29, 1.82) is 0 Å². The van der Waals surface area contributed by atoms with Gasteiger partial charge in [-0.3, -0.25) is 4.79 Å². The van der Waals surface area contributed by atoms with Gasteiger partial charge in [0.15, 0.2) is 0 Å². The molecule has 0 saturated carbocycles. The summed E-state index contributed by atoms with van der Waals surface area (Å²) in [5, 5.41) is 4.66. The molecular formula is C21H18ClN3O2. The van der Waals surface area contributed by atoms with Gasteiger partial charge in [-0.1, -0.05) is 35.9 Å². The summed E-state index contributed by atoms with van der Waals surface area (Å²) >= 11 is 5.86. The lowest BCUT2D eigenvalue weighted by molar-refractivity contribution is 0.0956. The Morgan fingerprint density at radius 2 is 1.74 bits per heavy atom. The number of amides is 1. The zero-order chi connectivity index (χ0) is 19.1. The summed E-state index contributed by atoms with van der Waals surface area (Å²) in [4.78, 5) is 12.0. The Balaban J connectivity index is 1.52. The summed E-state index contributed by atoms with van der Waals surface area (Å²) in [6, 6.07) is 21.7. The zero-order valence-corrected chi connectivity index (χ0v) is 15.2. The average molecular weight is 380 g/mol. The van der Waals surface area contributed by atoms with Crippen molar-refractivity contribution >= 4 is 29.4 Å². The van der Waals surface area contributed by atoms with Gasteiger partial charge in [0.25, 0.3) is 5.91 Å². The van der Waals surface area contributed by atoms with Gasteiger partial charge in [-0.2, -0.15) is 5.10 Å². The number of rotatable bonds is 6. The molecule has 0 heterocycles. The minimum absolute atomic E-state index is 0.354. The van der Waals surface area contributed by atoms with Crippen LogP contribution in [0.2, 0.25) is 5.02 Å². The molecule has 0 aliphatic heterocycles. The summed E-state index contributed by atoms with van der Waals surface area (Å²) in [5.41, 5.74) is 10.9. The number of carbonyl (C=O) groups is 1. The van der Waals surface area contributed by atoms with Gasteiger partial charge < -0.3 is 10.5 Å². The smallest absolute Gasteiger partial charge is 0.273 e. The summed E-state index contributed by atoms with van der Waals surface area (Å²) < 4.78 is 5.73. The van der Waals surface area contributed by atoms with Crippen molar-refractivity contribution in [1.82, 2.24) is 5.43 Å². The fourth-order valence-electron chi connectivity index (χ4n) is 2.33. The second kappa shape index (κ2) is 8.87. The van der Waals surface area contributed by atoms with Crippen LogP contribution in [-0.2, 0) is 6.61 Å². The van der Waals surface area contributed by atoms with E-state index >= 15 is 0 Å². The zero-order valence-electron chi connectivity index (χ0n) is 14.4. The van der Waals surface area contributed by atoms with E-state index in [2.05, 4.69) is 10.5 Å². The van der Waals surface area contributed by atoms with Crippen LogP contribution < -0.4 is 15.9 Å². The van der Waals surface area contributed by atoms with E-state index in [1.807, 2.05) is 48.5 Å². The standard InChI is InChI=1S/C21H18ClN3O2/c22-17-9-5-16(6-10-17)14-27-18-11-7-15(8-12-18)13-24-25-21(26)19-3-1-2-4-20(19)23/h1-13H,14,23H2,(H,25,26)/b24-13+. The number of carbonyl (C=O) groups excluding carboxylic acids is 1. The van der Waals surface area contributed by atoms with E-state index in [1.54, 1.807) is 30.5 Å². The van der Waals surface area contributed by atoms with E-state index in [1.165, 1.54) is 0 Å². The molecule has 5 nitrogen and oxygen atoms in total. The van der Waals surface area contributed by atoms with Gasteiger partial charge in [0.2, 0.25) is 0 Å². The van der Waals surface area contributed by atoms with Crippen molar-refractivity contribution in [3.63, 3.8) is 0 Å². The first-order valence-corrected chi connectivity index (χ1v) is 8.65. The number of benzene rings is 3. The number of ether oxygens (including phenoxy) is 1. The molecule has 0 fully saturated rings. The predicted molar refractivity (Wildman–Crippen MR) is 108 cm³/mol. The topological polar surface area (TPSA) is 76.7 Å². The third-order valence-corrected chi connectivity index (χ3v) is 4.04. The van der Waals surface area contributed by atoms with Crippen LogP contribution in [-0.4, -0.2) is 12.1 Å². The fourth-order valence-corrected chi connectivity index (χ4v) is 2.45. The molecule has 0 atom stereocenters. The molecule has 0 aliphatic carbocycles. The van der Waals surface area contributed by atoms with Crippen LogP contribution in [0, 0.1) is 0 Å². The first-order chi connectivity index (χ1) is 13.1. The van der Waals surface area contributed by atoms with E-state index in [0.29, 0.717) is 22.9 Å². The van der Waals surface area contributed by atoms with Crippen molar-refractivity contribution in [3.05, 3.63) is 94.5 Å². The Morgan fingerprint density at radius 3 is 2.44 bits per heavy atom. The predicted octanol–water partition coefficient (Wildman–Crippen LogP) is 4.27. The van der Waals surface area contributed by atoms with Gasteiger partial charge in [0.05, 0.1) is 11.8 Å². The number of nitrogen functional groups attached to an aromatic ring is 1. The van der Waals surface area contributed by atoms with Gasteiger partial charge >= 0.3 is 0 Å². The molecule has 0 saturated heterocycles. The highest BCUT2D eigenvalue weighted by Gasteiger charge is 2.06. The normalized spacial score (nSPS) is 10.7. The molecule has 3 aromatic rings. The minimum Gasteiger partial charge on any atom is -0.489 e. The SMILES string of the molecule is Nc1ccccc1C(=O)N/N=C/c1ccc(OCc2ccc(Cl)cc2)cc1. The van der Waals surface area contributed by atoms with E-state index in [0.717, 1.165) is 16.9 Å². The molecule has 0 bridgehead atoms. The van der Waals surface area contributed by atoms with Gasteiger partial charge in [-0.15, -0.1) is 0 Å². The van der Waals surface area contributed by atoms with E-state index < -0.39 is 0 Å². The molecule has 3 aromatic carbocycles. The Labute approximate surface area is 162 Å². The summed E-state index contributed by atoms with van der Waals surface area (Å²) in [6.45, 7) is 0.457. The molecule has 1 amide bonds. The Morgan fingerprint density at radius 1 is 1.04 bits per heavy atom. The van der Waals surface area contributed by atoms with Gasteiger partial charge in [0.1, 0.15) is 12.4 Å². The average Bonchev–Trinajstić information content (AvgIpc) is 2.69. The van der Waals surface area contributed by atoms with Crippen molar-refractivity contribution in [2.45, 2.75) is 6.61 Å². The first-order valence-electron chi connectivity index (χ1n) is 8.27. The minimum atomic E-state index is -0.354. The molecular weight excluding hydrogens is 362 g/mol. The Kier molecular flexibility index (Phi) is 6.07. The first kappa shape index (κ1) is 18.5. The lowest BCUT2D eigenvalue weighted by Gasteiger charge is -2.06. The molecule has 136 valence electrons. The maximum atomic E-state index is 12.0. The molecule has 3 rings (SSSR count). The monoisotopic (exact) mass is 379 g/mol. The Bertz CT molecular complexity index is 938. The molecule has 0 aromatic heterocycles. The number of hydrogen-bond acceptors (Lipinski definition) is 4. The lowest BCUT2D eigenvalue weighted by atomic mass is 10.2. The van der Waals surface area contributed by atoms with Crippen LogP contribution >= 0.6 is 11.6 Å². The molecule has 27 heavy (non-hydrogen) atoms. The van der Waals surface area contributed by atoms with Gasteiger partial charge in [-0.25, -0.2) is 5.43 Å².